The number of methoxy groups -OCH3 is 2. The summed E-state index contributed by atoms with van der Waals surface area (Å²) in [5.74, 6) is 1.80. The van der Waals surface area contributed by atoms with Gasteiger partial charge in [0.05, 0.1) is 43.9 Å². The molecule has 4 rings (SSSR count). The number of carbonyl (C=O) groups is 1. The van der Waals surface area contributed by atoms with Gasteiger partial charge in [0.1, 0.15) is 0 Å². The summed E-state index contributed by atoms with van der Waals surface area (Å²) in [5.41, 5.74) is 2.98. The van der Waals surface area contributed by atoms with Crippen LogP contribution in [0.3, 0.4) is 0 Å². The third-order valence-electron chi connectivity index (χ3n) is 4.30. The highest BCUT2D eigenvalue weighted by atomic mass is 16.5. The van der Waals surface area contributed by atoms with Crippen LogP contribution in [0.5, 0.6) is 11.5 Å². The largest absolute Gasteiger partial charge is 0.493 e. The first-order valence-corrected chi connectivity index (χ1v) is 8.17. The molecule has 0 radical (unpaired) electrons. The zero-order valence-electron chi connectivity index (χ0n) is 14.5. The number of anilines is 2. The standard InChI is InChI=1S/C20H17N3O3/c1-25-17-9-8-13(10-18(17)26-2)16-12-21-15-11-19(24)23(20(15)22-16)14-6-4-3-5-7-14/h3-10,12H,11H2,1-2H3. The average molecular weight is 347 g/mol. The van der Waals surface area contributed by atoms with E-state index in [9.17, 15) is 4.79 Å². The predicted octanol–water partition coefficient (Wildman–Crippen LogP) is 3.38. The SMILES string of the molecule is COc1ccc(-c2cnc3c(n2)N(c2ccccc2)C(=O)C3)cc1OC. The maximum absolute atomic E-state index is 12.5. The number of aromatic nitrogens is 2. The first kappa shape index (κ1) is 16.1. The molecule has 1 aliphatic heterocycles. The second-order valence-electron chi connectivity index (χ2n) is 5.84. The Bertz CT molecular complexity index is 973. The van der Waals surface area contributed by atoms with Gasteiger partial charge >= 0.3 is 0 Å². The highest BCUT2D eigenvalue weighted by Gasteiger charge is 2.31. The van der Waals surface area contributed by atoms with Gasteiger partial charge in [0.2, 0.25) is 5.91 Å². The molecule has 2 heterocycles. The van der Waals surface area contributed by atoms with Gasteiger partial charge < -0.3 is 9.47 Å². The molecule has 0 fully saturated rings. The zero-order valence-corrected chi connectivity index (χ0v) is 14.5. The predicted molar refractivity (Wildman–Crippen MR) is 97.9 cm³/mol. The van der Waals surface area contributed by atoms with Crippen LogP contribution in [-0.2, 0) is 11.2 Å². The Morgan fingerprint density at radius 1 is 1.00 bits per heavy atom. The Labute approximate surface area is 151 Å². The Morgan fingerprint density at radius 2 is 1.77 bits per heavy atom. The summed E-state index contributed by atoms with van der Waals surface area (Å²) in [6.07, 6.45) is 1.94. The summed E-state index contributed by atoms with van der Waals surface area (Å²) >= 11 is 0. The minimum Gasteiger partial charge on any atom is -0.493 e. The molecule has 2 aromatic carbocycles. The van der Waals surface area contributed by atoms with Crippen LogP contribution in [0.2, 0.25) is 0 Å². The van der Waals surface area contributed by atoms with Crippen LogP contribution < -0.4 is 14.4 Å². The minimum absolute atomic E-state index is 0.0318. The van der Waals surface area contributed by atoms with E-state index in [1.165, 1.54) is 0 Å². The second-order valence-corrected chi connectivity index (χ2v) is 5.84. The molecule has 0 atom stereocenters. The Morgan fingerprint density at radius 3 is 2.50 bits per heavy atom. The first-order chi connectivity index (χ1) is 12.7. The Kier molecular flexibility index (Phi) is 4.01. The lowest BCUT2D eigenvalue weighted by atomic mass is 10.1. The van der Waals surface area contributed by atoms with Gasteiger partial charge in [0.25, 0.3) is 0 Å². The lowest BCUT2D eigenvalue weighted by molar-refractivity contribution is -0.116. The van der Waals surface area contributed by atoms with Gasteiger partial charge in [-0.2, -0.15) is 0 Å². The third-order valence-corrected chi connectivity index (χ3v) is 4.30. The fourth-order valence-electron chi connectivity index (χ4n) is 3.03. The van der Waals surface area contributed by atoms with Gasteiger partial charge in [-0.3, -0.25) is 14.7 Å². The molecule has 6 heteroatoms. The molecule has 1 aliphatic rings. The van der Waals surface area contributed by atoms with Gasteiger partial charge in [-0.05, 0) is 30.3 Å². The topological polar surface area (TPSA) is 64.6 Å². The number of carbonyl (C=O) groups excluding carboxylic acids is 1. The van der Waals surface area contributed by atoms with Crippen LogP contribution in [0.1, 0.15) is 5.69 Å². The first-order valence-electron chi connectivity index (χ1n) is 8.17. The summed E-state index contributed by atoms with van der Waals surface area (Å²) in [5, 5.41) is 0. The van der Waals surface area contributed by atoms with E-state index >= 15 is 0 Å². The van der Waals surface area contributed by atoms with Crippen molar-refractivity contribution in [1.82, 2.24) is 9.97 Å². The van der Waals surface area contributed by atoms with Crippen LogP contribution in [0.15, 0.2) is 54.7 Å². The molecule has 130 valence electrons. The highest BCUT2D eigenvalue weighted by Crippen LogP contribution is 2.36. The molecule has 0 N–H and O–H groups in total. The summed E-state index contributed by atoms with van der Waals surface area (Å²) in [4.78, 5) is 23.3. The molecule has 0 aliphatic carbocycles. The van der Waals surface area contributed by atoms with E-state index in [0.717, 1.165) is 11.3 Å². The highest BCUT2D eigenvalue weighted by molar-refractivity contribution is 6.05. The molecule has 0 saturated heterocycles. The molecule has 1 aromatic heterocycles. The molecule has 0 saturated carbocycles. The van der Waals surface area contributed by atoms with Gasteiger partial charge in [-0.25, -0.2) is 4.98 Å². The number of hydrogen-bond acceptors (Lipinski definition) is 5. The van der Waals surface area contributed by atoms with E-state index in [2.05, 4.69) is 4.98 Å². The van der Waals surface area contributed by atoms with Crippen molar-refractivity contribution >= 4 is 17.4 Å². The number of amides is 1. The van der Waals surface area contributed by atoms with Crippen molar-refractivity contribution in [3.05, 3.63) is 60.4 Å². The van der Waals surface area contributed by atoms with Crippen LogP contribution in [0.25, 0.3) is 11.3 Å². The minimum atomic E-state index is -0.0318. The number of hydrogen-bond donors (Lipinski definition) is 0. The van der Waals surface area contributed by atoms with Gasteiger partial charge in [-0.15, -0.1) is 0 Å². The maximum Gasteiger partial charge on any atom is 0.238 e. The lowest BCUT2D eigenvalue weighted by Crippen LogP contribution is -2.21. The Hall–Kier alpha value is -3.41. The molecule has 26 heavy (non-hydrogen) atoms. The van der Waals surface area contributed by atoms with Crippen molar-refractivity contribution in [2.75, 3.05) is 19.1 Å². The zero-order chi connectivity index (χ0) is 18.1. The monoisotopic (exact) mass is 347 g/mol. The Balaban J connectivity index is 1.78. The molecular formula is C20H17N3O3. The molecule has 3 aromatic rings. The van der Waals surface area contributed by atoms with Crippen LogP contribution in [0.4, 0.5) is 11.5 Å². The van der Waals surface area contributed by atoms with E-state index in [1.54, 1.807) is 25.3 Å². The number of benzene rings is 2. The second kappa shape index (κ2) is 6.48. The number of ether oxygens (including phenoxy) is 2. The quantitative estimate of drug-likeness (QED) is 0.724. The van der Waals surface area contributed by atoms with E-state index in [4.69, 9.17) is 14.5 Å². The average Bonchev–Trinajstić information content (AvgIpc) is 3.02. The lowest BCUT2D eigenvalue weighted by Gasteiger charge is -2.16. The number of rotatable bonds is 4. The summed E-state index contributed by atoms with van der Waals surface area (Å²) in [7, 11) is 3.18. The van der Waals surface area contributed by atoms with Crippen molar-refractivity contribution in [3.8, 4) is 22.8 Å². The van der Waals surface area contributed by atoms with E-state index < -0.39 is 0 Å². The molecule has 0 spiro atoms. The van der Waals surface area contributed by atoms with Crippen molar-refractivity contribution in [2.45, 2.75) is 6.42 Å². The summed E-state index contributed by atoms with van der Waals surface area (Å²) in [6, 6.07) is 15.0. The summed E-state index contributed by atoms with van der Waals surface area (Å²) in [6.45, 7) is 0. The molecule has 1 amide bonds. The van der Waals surface area contributed by atoms with E-state index in [0.29, 0.717) is 28.7 Å². The van der Waals surface area contributed by atoms with E-state index in [1.807, 2.05) is 48.5 Å². The summed E-state index contributed by atoms with van der Waals surface area (Å²) < 4.78 is 10.6. The fraction of sp³-hybridized carbons (Fsp3) is 0.150. The van der Waals surface area contributed by atoms with Crippen LogP contribution in [-0.4, -0.2) is 30.1 Å². The van der Waals surface area contributed by atoms with Crippen molar-refractivity contribution in [3.63, 3.8) is 0 Å². The number of fused-ring (bicyclic) bond motifs is 1. The van der Waals surface area contributed by atoms with Gasteiger partial charge in [0.15, 0.2) is 17.3 Å². The van der Waals surface area contributed by atoms with Crippen LogP contribution in [0, 0.1) is 0 Å². The smallest absolute Gasteiger partial charge is 0.238 e. The molecule has 0 unspecified atom stereocenters. The van der Waals surface area contributed by atoms with E-state index in [-0.39, 0.29) is 12.3 Å². The fourth-order valence-corrected chi connectivity index (χ4v) is 3.03. The number of para-hydroxylation sites is 1. The van der Waals surface area contributed by atoms with Crippen molar-refractivity contribution in [2.24, 2.45) is 0 Å². The normalized spacial score (nSPS) is 12.8. The van der Waals surface area contributed by atoms with Crippen molar-refractivity contribution < 1.29 is 14.3 Å². The van der Waals surface area contributed by atoms with Crippen LogP contribution >= 0.6 is 0 Å². The third kappa shape index (κ3) is 2.65. The van der Waals surface area contributed by atoms with Crippen molar-refractivity contribution in [1.29, 1.82) is 0 Å². The number of nitrogens with zero attached hydrogens (tertiary/aromatic N) is 3. The maximum atomic E-state index is 12.5. The van der Waals surface area contributed by atoms with Gasteiger partial charge in [-0.1, -0.05) is 18.2 Å². The molecule has 0 bridgehead atoms. The molecular weight excluding hydrogens is 330 g/mol. The molecule has 6 nitrogen and oxygen atoms in total. The van der Waals surface area contributed by atoms with Gasteiger partial charge in [0, 0.05) is 5.56 Å².